The molecule has 25 heavy (non-hydrogen) atoms. The number of rotatable bonds is 8. The molecule has 2 fully saturated rings. The van der Waals surface area contributed by atoms with E-state index >= 15 is 0 Å². The first-order valence-electron chi connectivity index (χ1n) is 9.56. The fourth-order valence-electron chi connectivity index (χ4n) is 3.79. The number of likely N-dealkylation sites (tertiary alicyclic amines) is 1. The van der Waals surface area contributed by atoms with Crippen molar-refractivity contribution >= 4 is 5.91 Å². The van der Waals surface area contributed by atoms with Crippen molar-refractivity contribution in [2.45, 2.75) is 51.7 Å². The van der Waals surface area contributed by atoms with E-state index in [0.29, 0.717) is 19.1 Å². The van der Waals surface area contributed by atoms with Gasteiger partial charge in [0.2, 0.25) is 5.91 Å². The molecule has 1 amide bonds. The van der Waals surface area contributed by atoms with Gasteiger partial charge in [-0.25, -0.2) is 0 Å². The van der Waals surface area contributed by atoms with Gasteiger partial charge in [0, 0.05) is 38.7 Å². The number of ether oxygens (including phenoxy) is 2. The molecule has 1 spiro atoms. The third kappa shape index (κ3) is 5.66. The predicted molar refractivity (Wildman–Crippen MR) is 101 cm³/mol. The highest BCUT2D eigenvalue weighted by Gasteiger charge is 2.38. The number of nitrogens with zero attached hydrogens (tertiary/aromatic N) is 1. The molecule has 2 atom stereocenters. The standard InChI is InChI=1S/C20H34N2O3/c1-5-17(18(6-2)24-7-3)12-16(4)13-22-10-8-20(9-11-22)15-21-19(23)14-25-20/h6,12,17-18H,2,5,7-11,13-15H2,1,3-4H3,(H,21,23)/b16-12+. The van der Waals surface area contributed by atoms with E-state index in [4.69, 9.17) is 9.47 Å². The van der Waals surface area contributed by atoms with Gasteiger partial charge in [-0.3, -0.25) is 9.69 Å². The van der Waals surface area contributed by atoms with E-state index in [0.717, 1.165) is 38.9 Å². The molecule has 142 valence electrons. The summed E-state index contributed by atoms with van der Waals surface area (Å²) in [6.07, 6.45) is 7.36. The van der Waals surface area contributed by atoms with E-state index in [1.54, 1.807) is 0 Å². The Morgan fingerprint density at radius 2 is 2.16 bits per heavy atom. The van der Waals surface area contributed by atoms with Crippen LogP contribution in [0.25, 0.3) is 0 Å². The number of nitrogens with one attached hydrogen (secondary N) is 1. The lowest BCUT2D eigenvalue weighted by Gasteiger charge is -2.43. The van der Waals surface area contributed by atoms with Gasteiger partial charge < -0.3 is 14.8 Å². The monoisotopic (exact) mass is 350 g/mol. The van der Waals surface area contributed by atoms with Crippen molar-refractivity contribution < 1.29 is 14.3 Å². The van der Waals surface area contributed by atoms with Gasteiger partial charge in [-0.2, -0.15) is 0 Å². The Hall–Kier alpha value is -1.17. The van der Waals surface area contributed by atoms with Crippen LogP contribution < -0.4 is 5.32 Å². The highest BCUT2D eigenvalue weighted by Crippen LogP contribution is 2.28. The largest absolute Gasteiger partial charge is 0.374 e. The second-order valence-corrected chi connectivity index (χ2v) is 7.27. The Bertz CT molecular complexity index is 469. The highest BCUT2D eigenvalue weighted by atomic mass is 16.5. The van der Waals surface area contributed by atoms with Crippen molar-refractivity contribution in [1.82, 2.24) is 10.2 Å². The highest BCUT2D eigenvalue weighted by molar-refractivity contribution is 5.78. The SMILES string of the molecule is C=CC(OCC)C(/C=C(\C)CN1CCC2(CC1)CNC(=O)CO2)CC. The summed E-state index contributed by atoms with van der Waals surface area (Å²) < 4.78 is 11.6. The summed E-state index contributed by atoms with van der Waals surface area (Å²) in [6, 6.07) is 0. The molecule has 1 N–H and O–H groups in total. The summed E-state index contributed by atoms with van der Waals surface area (Å²) in [4.78, 5) is 13.8. The average molecular weight is 351 g/mol. The van der Waals surface area contributed by atoms with Gasteiger partial charge in [0.25, 0.3) is 0 Å². The van der Waals surface area contributed by atoms with E-state index < -0.39 is 0 Å². The molecule has 2 rings (SSSR count). The van der Waals surface area contributed by atoms with E-state index in [-0.39, 0.29) is 24.2 Å². The van der Waals surface area contributed by atoms with Gasteiger partial charge in [-0.1, -0.05) is 24.6 Å². The molecule has 5 nitrogen and oxygen atoms in total. The zero-order valence-electron chi connectivity index (χ0n) is 16.1. The fourth-order valence-corrected chi connectivity index (χ4v) is 3.79. The molecule has 0 radical (unpaired) electrons. The number of carbonyl (C=O) groups excluding carboxylic acids is 1. The Morgan fingerprint density at radius 3 is 2.68 bits per heavy atom. The molecule has 0 saturated carbocycles. The maximum absolute atomic E-state index is 11.3. The van der Waals surface area contributed by atoms with E-state index in [1.807, 2.05) is 13.0 Å². The normalized spacial score (nSPS) is 24.0. The molecule has 0 aliphatic carbocycles. The number of amides is 1. The van der Waals surface area contributed by atoms with Crippen LogP contribution >= 0.6 is 0 Å². The smallest absolute Gasteiger partial charge is 0.246 e. The summed E-state index contributed by atoms with van der Waals surface area (Å²) in [5.74, 6) is 0.383. The summed E-state index contributed by atoms with van der Waals surface area (Å²) in [7, 11) is 0. The van der Waals surface area contributed by atoms with Crippen LogP contribution in [0.3, 0.4) is 0 Å². The van der Waals surface area contributed by atoms with Crippen molar-refractivity contribution in [2.24, 2.45) is 5.92 Å². The third-order valence-electron chi connectivity index (χ3n) is 5.34. The lowest BCUT2D eigenvalue weighted by molar-refractivity contribution is -0.149. The average Bonchev–Trinajstić information content (AvgIpc) is 2.62. The number of hydrogen-bond donors (Lipinski definition) is 1. The Morgan fingerprint density at radius 1 is 1.44 bits per heavy atom. The van der Waals surface area contributed by atoms with E-state index in [2.05, 4.69) is 36.7 Å². The first kappa shape index (κ1) is 20.1. The summed E-state index contributed by atoms with van der Waals surface area (Å²) in [5, 5.41) is 2.95. The molecule has 2 heterocycles. The van der Waals surface area contributed by atoms with Gasteiger partial charge in [-0.15, -0.1) is 6.58 Å². The molecule has 5 heteroatoms. The number of piperidine rings is 1. The minimum absolute atomic E-state index is 0.00325. The van der Waals surface area contributed by atoms with Crippen LogP contribution in [0.2, 0.25) is 0 Å². The second kappa shape index (κ2) is 9.51. The van der Waals surface area contributed by atoms with Crippen LogP contribution in [0.4, 0.5) is 0 Å². The van der Waals surface area contributed by atoms with Crippen molar-refractivity contribution in [3.8, 4) is 0 Å². The molecular formula is C20H34N2O3. The molecule has 2 aliphatic rings. The molecule has 0 aromatic heterocycles. The molecule has 2 saturated heterocycles. The minimum Gasteiger partial charge on any atom is -0.374 e. The lowest BCUT2D eigenvalue weighted by atomic mass is 9.89. The summed E-state index contributed by atoms with van der Waals surface area (Å²) >= 11 is 0. The van der Waals surface area contributed by atoms with Crippen molar-refractivity contribution in [3.63, 3.8) is 0 Å². The maximum Gasteiger partial charge on any atom is 0.246 e. The molecule has 0 aromatic rings. The first-order chi connectivity index (χ1) is 12.0. The van der Waals surface area contributed by atoms with Crippen LogP contribution in [0.1, 0.15) is 40.0 Å². The van der Waals surface area contributed by atoms with Gasteiger partial charge in [0.05, 0.1) is 11.7 Å². The van der Waals surface area contributed by atoms with Crippen molar-refractivity contribution in [1.29, 1.82) is 0 Å². The van der Waals surface area contributed by atoms with E-state index in [1.165, 1.54) is 5.57 Å². The van der Waals surface area contributed by atoms with Gasteiger partial charge in [0.15, 0.2) is 0 Å². The van der Waals surface area contributed by atoms with Crippen LogP contribution in [-0.4, -0.2) is 61.9 Å². The van der Waals surface area contributed by atoms with Crippen LogP contribution in [-0.2, 0) is 14.3 Å². The zero-order valence-corrected chi connectivity index (χ0v) is 16.1. The summed E-state index contributed by atoms with van der Waals surface area (Å²) in [6.45, 7) is 14.9. The van der Waals surface area contributed by atoms with Crippen LogP contribution in [0.15, 0.2) is 24.3 Å². The fraction of sp³-hybridized carbons (Fsp3) is 0.750. The van der Waals surface area contributed by atoms with E-state index in [9.17, 15) is 4.79 Å². The van der Waals surface area contributed by atoms with Crippen LogP contribution in [0, 0.1) is 5.92 Å². The first-order valence-corrected chi connectivity index (χ1v) is 9.56. The number of hydrogen-bond acceptors (Lipinski definition) is 4. The quantitative estimate of drug-likeness (QED) is 0.684. The molecular weight excluding hydrogens is 316 g/mol. The Labute approximate surface area is 152 Å². The summed E-state index contributed by atoms with van der Waals surface area (Å²) in [5.41, 5.74) is 1.24. The van der Waals surface area contributed by atoms with Gasteiger partial charge in [0.1, 0.15) is 6.61 Å². The minimum atomic E-state index is -0.142. The third-order valence-corrected chi connectivity index (χ3v) is 5.34. The van der Waals surface area contributed by atoms with Crippen molar-refractivity contribution in [2.75, 3.05) is 39.4 Å². The van der Waals surface area contributed by atoms with Gasteiger partial charge in [-0.05, 0) is 33.1 Å². The maximum atomic E-state index is 11.3. The second-order valence-electron chi connectivity index (χ2n) is 7.27. The Kier molecular flexibility index (Phi) is 7.66. The number of morpholine rings is 1. The predicted octanol–water partition coefficient (Wildman–Crippen LogP) is 2.53. The Balaban J connectivity index is 1.85. The molecule has 2 unspecified atom stereocenters. The topological polar surface area (TPSA) is 50.8 Å². The molecule has 0 bridgehead atoms. The lowest BCUT2D eigenvalue weighted by Crippen LogP contribution is -2.57. The number of carbonyl (C=O) groups is 1. The van der Waals surface area contributed by atoms with Crippen molar-refractivity contribution in [3.05, 3.63) is 24.3 Å². The van der Waals surface area contributed by atoms with Gasteiger partial charge >= 0.3 is 0 Å². The molecule has 0 aromatic carbocycles. The van der Waals surface area contributed by atoms with Crippen LogP contribution in [0.5, 0.6) is 0 Å². The zero-order chi connectivity index (χ0) is 18.3. The molecule has 2 aliphatic heterocycles.